The third-order valence-electron chi connectivity index (χ3n) is 7.04. The third kappa shape index (κ3) is 13.3. The van der Waals surface area contributed by atoms with Gasteiger partial charge >= 0.3 is 0 Å². The monoisotopic (exact) mass is 662 g/mol. The number of benzene rings is 1. The number of aryl methyl sites for hydroxylation is 1. The minimum absolute atomic E-state index is 0.0678. The quantitative estimate of drug-likeness (QED) is 0.0675. The molecule has 1 aromatic rings. The van der Waals surface area contributed by atoms with E-state index < -0.39 is 109 Å². The molecule has 0 bridgehead atoms. The van der Waals surface area contributed by atoms with Gasteiger partial charge in [-0.1, -0.05) is 44.2 Å². The summed E-state index contributed by atoms with van der Waals surface area (Å²) in [5.41, 5.74) is 16.8. The number of primary amides is 2. The van der Waals surface area contributed by atoms with Crippen molar-refractivity contribution in [3.8, 4) is 0 Å². The summed E-state index contributed by atoms with van der Waals surface area (Å²) in [6.07, 6.45) is -1.59. The van der Waals surface area contributed by atoms with Crippen molar-refractivity contribution in [3.05, 3.63) is 35.9 Å². The normalized spacial score (nSPS) is 14.8. The van der Waals surface area contributed by atoms with Gasteiger partial charge in [-0.15, -0.1) is 0 Å². The molecule has 2 unspecified atom stereocenters. The number of hydrogen-bond donors (Lipinski definition) is 8. The van der Waals surface area contributed by atoms with Gasteiger partial charge in [-0.05, 0) is 30.7 Å². The van der Waals surface area contributed by atoms with Crippen LogP contribution in [-0.4, -0.2) is 106 Å². The molecule has 0 aliphatic rings. The predicted octanol–water partition coefficient (Wildman–Crippen LogP) is -3.60. The lowest BCUT2D eigenvalue weighted by Gasteiger charge is -2.33. The lowest BCUT2D eigenvalue weighted by Crippen LogP contribution is -2.63. The van der Waals surface area contributed by atoms with E-state index in [0.717, 1.165) is 12.5 Å². The van der Waals surface area contributed by atoms with Crippen molar-refractivity contribution in [1.82, 2.24) is 20.9 Å². The molecule has 0 aliphatic heterocycles. The first-order valence-electron chi connectivity index (χ1n) is 14.8. The second-order valence-corrected chi connectivity index (χ2v) is 11.2. The Hall–Kier alpha value is -4.74. The number of hydrogen-bond acceptors (Lipinski definition) is 11. The van der Waals surface area contributed by atoms with Gasteiger partial charge in [0.2, 0.25) is 41.7 Å². The van der Waals surface area contributed by atoms with Gasteiger partial charge in [0.15, 0.2) is 0 Å². The summed E-state index contributed by atoms with van der Waals surface area (Å²) in [6.45, 7) is 3.30. The number of carbonyl (C=O) groups is 7. The molecule has 17 heteroatoms. The Morgan fingerprint density at radius 1 is 0.894 bits per heavy atom. The number of nitrogens with zero attached hydrogens (tertiary/aromatic N) is 1. The second-order valence-electron chi connectivity index (χ2n) is 11.2. The summed E-state index contributed by atoms with van der Waals surface area (Å²) in [6, 6.07) is 0.782. The molecule has 17 nitrogen and oxygen atoms in total. The summed E-state index contributed by atoms with van der Waals surface area (Å²) >= 11 is 0. The van der Waals surface area contributed by atoms with Crippen molar-refractivity contribution in [3.63, 3.8) is 0 Å². The highest BCUT2D eigenvalue weighted by Crippen LogP contribution is 2.15. The summed E-state index contributed by atoms with van der Waals surface area (Å²) in [7, 11) is 0. The van der Waals surface area contributed by atoms with Crippen LogP contribution in [-0.2, 0) is 44.8 Å². The zero-order valence-corrected chi connectivity index (χ0v) is 26.5. The van der Waals surface area contributed by atoms with Gasteiger partial charge < -0.3 is 43.4 Å². The van der Waals surface area contributed by atoms with Crippen molar-refractivity contribution in [1.29, 1.82) is 0 Å². The highest BCUT2D eigenvalue weighted by molar-refractivity contribution is 6.04. The van der Waals surface area contributed by atoms with Crippen molar-refractivity contribution in [2.75, 3.05) is 6.61 Å². The van der Waals surface area contributed by atoms with Crippen LogP contribution in [0.4, 0.5) is 0 Å². The average Bonchev–Trinajstić information content (AvgIpc) is 3.01. The van der Waals surface area contributed by atoms with Crippen molar-refractivity contribution >= 4 is 47.6 Å². The SMILES string of the molecule is CC(=O)N(C(=O)[C@H](CCC(N)=O)NC(=O)[C@@H](N)CO)[C@@H](CC(N)=O)C(=O)NC(C(=O)N[C@H]([C]=O)C(C)C)C(O)CCc1ccccc1. The predicted molar refractivity (Wildman–Crippen MR) is 166 cm³/mol. The first-order valence-corrected chi connectivity index (χ1v) is 14.8. The molecule has 0 aliphatic carbocycles. The van der Waals surface area contributed by atoms with Gasteiger partial charge in [0.05, 0.1) is 25.2 Å². The number of rotatable bonds is 20. The Bertz CT molecular complexity index is 1280. The Morgan fingerprint density at radius 2 is 1.51 bits per heavy atom. The fourth-order valence-electron chi connectivity index (χ4n) is 4.38. The summed E-state index contributed by atoms with van der Waals surface area (Å²) < 4.78 is 0. The van der Waals surface area contributed by atoms with Gasteiger partial charge in [-0.25, -0.2) is 0 Å². The van der Waals surface area contributed by atoms with Crippen LogP contribution in [0.3, 0.4) is 0 Å². The highest BCUT2D eigenvalue weighted by Gasteiger charge is 2.41. The molecule has 1 aromatic carbocycles. The van der Waals surface area contributed by atoms with E-state index in [1.165, 1.54) is 0 Å². The zero-order valence-electron chi connectivity index (χ0n) is 26.5. The third-order valence-corrected chi connectivity index (χ3v) is 7.04. The van der Waals surface area contributed by atoms with E-state index in [2.05, 4.69) is 16.0 Å². The van der Waals surface area contributed by atoms with Crippen LogP contribution in [0.25, 0.3) is 0 Å². The largest absolute Gasteiger partial charge is 0.394 e. The molecule has 0 fully saturated rings. The van der Waals surface area contributed by atoms with Crippen LogP contribution >= 0.6 is 0 Å². The maximum absolute atomic E-state index is 13.7. The van der Waals surface area contributed by atoms with E-state index >= 15 is 0 Å². The molecule has 1 rings (SSSR count). The molecule has 1 radical (unpaired) electrons. The fourth-order valence-corrected chi connectivity index (χ4v) is 4.38. The van der Waals surface area contributed by atoms with Gasteiger partial charge in [0.1, 0.15) is 24.2 Å². The van der Waals surface area contributed by atoms with Crippen LogP contribution in [0.2, 0.25) is 0 Å². The van der Waals surface area contributed by atoms with Crippen LogP contribution < -0.4 is 33.2 Å². The van der Waals surface area contributed by atoms with Crippen molar-refractivity contribution in [2.24, 2.45) is 23.1 Å². The maximum Gasteiger partial charge on any atom is 0.252 e. The van der Waals surface area contributed by atoms with Crippen LogP contribution in [0.1, 0.15) is 52.0 Å². The number of aliphatic hydroxyl groups excluding tert-OH is 2. The molecule has 11 N–H and O–H groups in total. The molecule has 0 saturated carbocycles. The first kappa shape index (κ1) is 40.3. The van der Waals surface area contributed by atoms with E-state index in [1.807, 2.05) is 0 Å². The van der Waals surface area contributed by atoms with E-state index in [-0.39, 0.29) is 12.8 Å². The number of amides is 7. The Balaban J connectivity index is 3.52. The molecular weight excluding hydrogens is 618 g/mol. The van der Waals surface area contributed by atoms with Crippen LogP contribution in [0.15, 0.2) is 30.3 Å². The molecule has 6 atom stereocenters. The maximum atomic E-state index is 13.7. The topological polar surface area (TPSA) is 294 Å². The van der Waals surface area contributed by atoms with Crippen molar-refractivity contribution < 1.29 is 48.6 Å². The lowest BCUT2D eigenvalue weighted by atomic mass is 9.99. The molecular formula is C30H44N7O10. The van der Waals surface area contributed by atoms with Gasteiger partial charge in [0.25, 0.3) is 5.91 Å². The molecule has 0 aromatic heterocycles. The smallest absolute Gasteiger partial charge is 0.252 e. The van der Waals surface area contributed by atoms with E-state index in [4.69, 9.17) is 17.2 Å². The molecule has 47 heavy (non-hydrogen) atoms. The lowest BCUT2D eigenvalue weighted by molar-refractivity contribution is -0.154. The van der Waals surface area contributed by atoms with Crippen LogP contribution in [0, 0.1) is 5.92 Å². The molecule has 7 amide bonds. The first-order chi connectivity index (χ1) is 22.0. The van der Waals surface area contributed by atoms with Gasteiger partial charge in [-0.3, -0.25) is 43.3 Å². The molecule has 0 heterocycles. The summed E-state index contributed by atoms with van der Waals surface area (Å²) in [5, 5.41) is 27.2. The average molecular weight is 663 g/mol. The number of nitrogens with two attached hydrogens (primary N) is 3. The summed E-state index contributed by atoms with van der Waals surface area (Å²) in [4.78, 5) is 101. The van der Waals surface area contributed by atoms with Crippen LogP contribution in [0.5, 0.6) is 0 Å². The summed E-state index contributed by atoms with van der Waals surface area (Å²) in [5.74, 6) is -8.12. The molecule has 259 valence electrons. The minimum atomic E-state index is -2.01. The molecule has 0 saturated heterocycles. The number of aliphatic hydroxyl groups is 2. The fraction of sp³-hybridized carbons (Fsp3) is 0.533. The highest BCUT2D eigenvalue weighted by atomic mass is 16.3. The van der Waals surface area contributed by atoms with Gasteiger partial charge in [0, 0.05) is 13.3 Å². The minimum Gasteiger partial charge on any atom is -0.394 e. The second kappa shape index (κ2) is 19.7. The van der Waals surface area contributed by atoms with E-state index in [0.29, 0.717) is 4.90 Å². The Morgan fingerprint density at radius 3 is 2.00 bits per heavy atom. The van der Waals surface area contributed by atoms with Gasteiger partial charge in [-0.2, -0.15) is 0 Å². The van der Waals surface area contributed by atoms with E-state index in [9.17, 15) is 48.6 Å². The standard InChI is InChI=1S/C30H44N7O10/c1-16(2)21(15-39)35-29(46)26(23(41)11-9-18-7-5-4-6-8-18)36-28(45)22(13-25(33)43)37(17(3)40)30(47)20(10-12-24(32)42)34-27(44)19(31)14-38/h4-8,16,19-23,26,38,41H,9-14,31H2,1-3H3,(H2,32,42)(H2,33,43)(H,34,44)(H,35,46)(H,36,45)/t19-,20-,21+,22-,23?,26?/m0/s1. The van der Waals surface area contributed by atoms with Crippen molar-refractivity contribution in [2.45, 2.75) is 89.2 Å². The van der Waals surface area contributed by atoms with E-state index in [1.54, 1.807) is 50.5 Å². The zero-order chi connectivity index (χ0) is 35.8. The number of nitrogens with one attached hydrogen (secondary N) is 3. The Kier molecular flexibility index (Phi) is 16.9. The number of imide groups is 1. The molecule has 0 spiro atoms. The number of carbonyl (C=O) groups excluding carboxylic acids is 8. The Labute approximate surface area is 271 Å².